The standard InChI is InChI=1S/C22H29N3O4S/c1-13-6-2-4-8-15(13)23-18(26)12-29-19(27)11-10-17-24-21(28)20-14-7-3-5-9-16(14)30-22(20)25-17/h13,15H,2-12H2,1H3,(H,23,26)(H,24,25,28)/t13-,15+/m0/s1. The largest absolute Gasteiger partial charge is 0.456 e. The first-order chi connectivity index (χ1) is 14.5. The van der Waals surface area contributed by atoms with Gasteiger partial charge < -0.3 is 15.0 Å². The first-order valence-electron chi connectivity index (χ1n) is 11.0. The Morgan fingerprint density at radius 1 is 1.20 bits per heavy atom. The van der Waals surface area contributed by atoms with Crippen LogP contribution in [0.2, 0.25) is 0 Å². The Kier molecular flexibility index (Phi) is 6.51. The second kappa shape index (κ2) is 9.29. The van der Waals surface area contributed by atoms with Crippen molar-refractivity contribution in [2.75, 3.05) is 6.61 Å². The van der Waals surface area contributed by atoms with Crippen molar-refractivity contribution in [3.63, 3.8) is 0 Å². The molecular formula is C22H29N3O4S. The summed E-state index contributed by atoms with van der Waals surface area (Å²) in [4.78, 5) is 46.1. The monoisotopic (exact) mass is 431 g/mol. The summed E-state index contributed by atoms with van der Waals surface area (Å²) in [5.74, 6) is 0.233. The van der Waals surface area contributed by atoms with Gasteiger partial charge in [0, 0.05) is 17.3 Å². The molecule has 0 aromatic carbocycles. The molecule has 4 rings (SSSR count). The number of H-pyrrole nitrogens is 1. The van der Waals surface area contributed by atoms with Gasteiger partial charge in [0.1, 0.15) is 10.7 Å². The quantitative estimate of drug-likeness (QED) is 0.685. The molecule has 2 aliphatic carbocycles. The van der Waals surface area contributed by atoms with Crippen molar-refractivity contribution in [3.05, 3.63) is 26.6 Å². The molecular weight excluding hydrogens is 402 g/mol. The average molecular weight is 432 g/mol. The van der Waals surface area contributed by atoms with Gasteiger partial charge in [0.15, 0.2) is 6.61 Å². The van der Waals surface area contributed by atoms with E-state index in [4.69, 9.17) is 4.74 Å². The van der Waals surface area contributed by atoms with E-state index in [2.05, 4.69) is 22.2 Å². The average Bonchev–Trinajstić information content (AvgIpc) is 3.11. The van der Waals surface area contributed by atoms with Crippen molar-refractivity contribution in [2.45, 2.75) is 77.2 Å². The number of aromatic nitrogens is 2. The van der Waals surface area contributed by atoms with Crippen LogP contribution in [0.25, 0.3) is 10.2 Å². The molecule has 1 saturated carbocycles. The summed E-state index contributed by atoms with van der Waals surface area (Å²) >= 11 is 1.59. The maximum Gasteiger partial charge on any atom is 0.306 e. The number of ether oxygens (including phenoxy) is 1. The van der Waals surface area contributed by atoms with Crippen LogP contribution in [0, 0.1) is 5.92 Å². The summed E-state index contributed by atoms with van der Waals surface area (Å²) in [5.41, 5.74) is 1.03. The van der Waals surface area contributed by atoms with Crippen LogP contribution in [-0.2, 0) is 33.6 Å². The Hall–Kier alpha value is -2.22. The minimum absolute atomic E-state index is 0.0760. The van der Waals surface area contributed by atoms with Crippen LogP contribution in [0.5, 0.6) is 0 Å². The molecule has 2 aromatic rings. The lowest BCUT2D eigenvalue weighted by Crippen LogP contribution is -2.42. The fourth-order valence-electron chi connectivity index (χ4n) is 4.54. The highest BCUT2D eigenvalue weighted by atomic mass is 32.1. The minimum Gasteiger partial charge on any atom is -0.456 e. The minimum atomic E-state index is -0.463. The third-order valence-electron chi connectivity index (χ3n) is 6.26. The van der Waals surface area contributed by atoms with Crippen molar-refractivity contribution in [1.29, 1.82) is 0 Å². The zero-order valence-corrected chi connectivity index (χ0v) is 18.2. The van der Waals surface area contributed by atoms with E-state index in [1.807, 2.05) is 0 Å². The Balaban J connectivity index is 1.29. The molecule has 1 amide bonds. The Bertz CT molecular complexity index is 996. The molecule has 2 N–H and O–H groups in total. The third-order valence-corrected chi connectivity index (χ3v) is 7.45. The summed E-state index contributed by atoms with van der Waals surface area (Å²) in [6, 6.07) is 0.169. The molecule has 2 atom stereocenters. The molecule has 0 radical (unpaired) electrons. The SMILES string of the molecule is C[C@H]1CCCC[C@H]1NC(=O)COC(=O)CCc1nc2sc3c(c2c(=O)[nH]1)CCCC3. The molecule has 1 fully saturated rings. The van der Waals surface area contributed by atoms with Gasteiger partial charge in [0.2, 0.25) is 0 Å². The number of hydrogen-bond donors (Lipinski definition) is 2. The molecule has 0 saturated heterocycles. The highest BCUT2D eigenvalue weighted by Gasteiger charge is 2.23. The lowest BCUT2D eigenvalue weighted by molar-refractivity contribution is -0.148. The number of rotatable bonds is 6. The molecule has 0 unspecified atom stereocenters. The van der Waals surface area contributed by atoms with Crippen molar-refractivity contribution in [2.24, 2.45) is 5.92 Å². The predicted octanol–water partition coefficient (Wildman–Crippen LogP) is 3.03. The van der Waals surface area contributed by atoms with E-state index in [-0.39, 0.29) is 37.0 Å². The molecule has 0 bridgehead atoms. The smallest absolute Gasteiger partial charge is 0.306 e. The number of fused-ring (bicyclic) bond motifs is 3. The first kappa shape index (κ1) is 21.0. The second-order valence-electron chi connectivity index (χ2n) is 8.50. The zero-order valence-electron chi connectivity index (χ0n) is 17.4. The molecule has 2 aliphatic rings. The number of hydrogen-bond acceptors (Lipinski definition) is 6. The van der Waals surface area contributed by atoms with Crippen molar-refractivity contribution in [1.82, 2.24) is 15.3 Å². The summed E-state index contributed by atoms with van der Waals surface area (Å²) in [5, 5.41) is 3.69. The summed E-state index contributed by atoms with van der Waals surface area (Å²) in [7, 11) is 0. The van der Waals surface area contributed by atoms with Crippen molar-refractivity contribution < 1.29 is 14.3 Å². The van der Waals surface area contributed by atoms with Crippen molar-refractivity contribution >= 4 is 33.4 Å². The molecule has 0 aliphatic heterocycles. The second-order valence-corrected chi connectivity index (χ2v) is 9.58. The summed E-state index contributed by atoms with van der Waals surface area (Å²) in [6.45, 7) is 1.88. The number of aromatic amines is 1. The van der Waals surface area contributed by atoms with Crippen molar-refractivity contribution in [3.8, 4) is 0 Å². The fraction of sp³-hybridized carbons (Fsp3) is 0.636. The van der Waals surface area contributed by atoms with E-state index in [1.54, 1.807) is 11.3 Å². The van der Waals surface area contributed by atoms with Crippen LogP contribution in [0.4, 0.5) is 0 Å². The van der Waals surface area contributed by atoms with Gasteiger partial charge in [-0.2, -0.15) is 0 Å². The number of nitrogens with one attached hydrogen (secondary N) is 2. The number of carbonyl (C=O) groups excluding carboxylic acids is 2. The van der Waals surface area contributed by atoms with Crippen LogP contribution in [0.15, 0.2) is 4.79 Å². The molecule has 2 aromatic heterocycles. The van der Waals surface area contributed by atoms with Crippen LogP contribution < -0.4 is 10.9 Å². The maximum atomic E-state index is 12.5. The van der Waals surface area contributed by atoms with Crippen LogP contribution in [0.3, 0.4) is 0 Å². The molecule has 0 spiro atoms. The van der Waals surface area contributed by atoms with Gasteiger partial charge in [-0.15, -0.1) is 11.3 Å². The number of nitrogens with zero attached hydrogens (tertiary/aromatic N) is 1. The number of aryl methyl sites for hydroxylation is 3. The lowest BCUT2D eigenvalue weighted by atomic mass is 9.86. The molecule has 162 valence electrons. The van der Waals surface area contributed by atoms with E-state index < -0.39 is 5.97 Å². The van der Waals surface area contributed by atoms with E-state index in [0.717, 1.165) is 60.7 Å². The number of thiophene rings is 1. The van der Waals surface area contributed by atoms with Gasteiger partial charge in [0.05, 0.1) is 11.8 Å². The molecule has 2 heterocycles. The van der Waals surface area contributed by atoms with E-state index in [1.165, 1.54) is 11.3 Å². The number of carbonyl (C=O) groups is 2. The van der Waals surface area contributed by atoms with E-state index >= 15 is 0 Å². The predicted molar refractivity (Wildman–Crippen MR) is 116 cm³/mol. The van der Waals surface area contributed by atoms with Gasteiger partial charge in [-0.25, -0.2) is 4.98 Å². The zero-order chi connectivity index (χ0) is 21.1. The lowest BCUT2D eigenvalue weighted by Gasteiger charge is -2.29. The Morgan fingerprint density at radius 2 is 2.00 bits per heavy atom. The van der Waals surface area contributed by atoms with Crippen LogP contribution >= 0.6 is 11.3 Å². The Morgan fingerprint density at radius 3 is 2.83 bits per heavy atom. The normalized spacial score (nSPS) is 21.2. The van der Waals surface area contributed by atoms with Gasteiger partial charge in [-0.05, 0) is 50.0 Å². The van der Waals surface area contributed by atoms with E-state index in [0.29, 0.717) is 11.7 Å². The fourth-order valence-corrected chi connectivity index (χ4v) is 5.83. The number of amides is 1. The van der Waals surface area contributed by atoms with Crippen LogP contribution in [0.1, 0.15) is 68.1 Å². The van der Waals surface area contributed by atoms with Gasteiger partial charge >= 0.3 is 5.97 Å². The highest BCUT2D eigenvalue weighted by Crippen LogP contribution is 2.33. The van der Waals surface area contributed by atoms with E-state index in [9.17, 15) is 14.4 Å². The highest BCUT2D eigenvalue weighted by molar-refractivity contribution is 7.18. The first-order valence-corrected chi connectivity index (χ1v) is 11.8. The van der Waals surface area contributed by atoms with Gasteiger partial charge in [-0.3, -0.25) is 14.4 Å². The summed E-state index contributed by atoms with van der Waals surface area (Å²) in [6.07, 6.45) is 9.01. The van der Waals surface area contributed by atoms with Gasteiger partial charge in [0.25, 0.3) is 11.5 Å². The van der Waals surface area contributed by atoms with Gasteiger partial charge in [-0.1, -0.05) is 19.8 Å². The molecule has 30 heavy (non-hydrogen) atoms. The summed E-state index contributed by atoms with van der Waals surface area (Å²) < 4.78 is 5.12. The number of esters is 1. The maximum absolute atomic E-state index is 12.5. The van der Waals surface area contributed by atoms with Crippen LogP contribution in [-0.4, -0.2) is 34.5 Å². The molecule has 8 heteroatoms. The third kappa shape index (κ3) is 4.74. The topological polar surface area (TPSA) is 101 Å². The Labute approximate surface area is 179 Å². The molecule has 7 nitrogen and oxygen atoms in total.